The van der Waals surface area contributed by atoms with E-state index >= 15 is 0 Å². The quantitative estimate of drug-likeness (QED) is 0.809. The first-order valence-electron chi connectivity index (χ1n) is 5.00. The van der Waals surface area contributed by atoms with Crippen molar-refractivity contribution in [3.8, 4) is 5.75 Å². The Morgan fingerprint density at radius 2 is 2.21 bits per heavy atom. The number of halogens is 1. The van der Waals surface area contributed by atoms with E-state index in [1.54, 1.807) is 0 Å². The highest BCUT2D eigenvalue weighted by Crippen LogP contribution is 2.34. The number of benzene rings is 1. The Labute approximate surface area is 92.5 Å². The van der Waals surface area contributed by atoms with Crippen LogP contribution >= 0.6 is 15.9 Å². The van der Waals surface area contributed by atoms with Gasteiger partial charge in [-0.3, -0.25) is 0 Å². The number of piperidine rings is 1. The van der Waals surface area contributed by atoms with E-state index in [1.165, 1.54) is 12.8 Å². The lowest BCUT2D eigenvalue weighted by atomic mass is 9.97. The summed E-state index contributed by atoms with van der Waals surface area (Å²) in [6, 6.07) is 6.14. The van der Waals surface area contributed by atoms with Crippen LogP contribution in [0.5, 0.6) is 5.75 Å². The molecule has 0 radical (unpaired) electrons. The highest BCUT2D eigenvalue weighted by atomic mass is 79.9. The van der Waals surface area contributed by atoms with Crippen LogP contribution in [0.1, 0.15) is 30.9 Å². The van der Waals surface area contributed by atoms with Crippen molar-refractivity contribution in [1.82, 2.24) is 5.32 Å². The first-order valence-corrected chi connectivity index (χ1v) is 5.79. The Bertz CT molecular complexity index is 321. The summed E-state index contributed by atoms with van der Waals surface area (Å²) in [5.74, 6) is 0.381. The molecule has 2 nitrogen and oxygen atoms in total. The summed E-state index contributed by atoms with van der Waals surface area (Å²) >= 11 is 3.33. The van der Waals surface area contributed by atoms with Gasteiger partial charge in [-0.2, -0.15) is 0 Å². The predicted octanol–water partition coefficient (Wildman–Crippen LogP) is 2.97. The van der Waals surface area contributed by atoms with Crippen LogP contribution in [0, 0.1) is 0 Å². The van der Waals surface area contributed by atoms with Gasteiger partial charge in [-0.25, -0.2) is 0 Å². The maximum atomic E-state index is 9.86. The van der Waals surface area contributed by atoms with Gasteiger partial charge in [0.15, 0.2) is 0 Å². The van der Waals surface area contributed by atoms with Crippen molar-refractivity contribution in [2.45, 2.75) is 25.3 Å². The van der Waals surface area contributed by atoms with E-state index in [9.17, 15) is 5.11 Å². The molecule has 1 aromatic rings. The molecule has 1 saturated heterocycles. The van der Waals surface area contributed by atoms with Crippen LogP contribution in [-0.2, 0) is 0 Å². The number of hydrogen-bond acceptors (Lipinski definition) is 2. The van der Waals surface area contributed by atoms with E-state index in [0.29, 0.717) is 11.8 Å². The Balaban J connectivity index is 2.26. The van der Waals surface area contributed by atoms with Gasteiger partial charge in [0, 0.05) is 11.6 Å². The van der Waals surface area contributed by atoms with E-state index in [2.05, 4.69) is 21.2 Å². The maximum absolute atomic E-state index is 9.86. The SMILES string of the molecule is Oc1c(Br)cccc1[C@@H]1CCCCN1. The first-order chi connectivity index (χ1) is 6.79. The fraction of sp³-hybridized carbons (Fsp3) is 0.455. The Morgan fingerprint density at radius 3 is 2.93 bits per heavy atom. The van der Waals surface area contributed by atoms with Crippen LogP contribution in [0.3, 0.4) is 0 Å². The molecule has 76 valence electrons. The molecule has 0 unspecified atom stereocenters. The number of nitrogens with one attached hydrogen (secondary N) is 1. The third-order valence-electron chi connectivity index (χ3n) is 2.70. The normalized spacial score (nSPS) is 22.2. The van der Waals surface area contributed by atoms with Gasteiger partial charge in [0.2, 0.25) is 0 Å². The summed E-state index contributed by atoms with van der Waals surface area (Å²) in [4.78, 5) is 0. The van der Waals surface area contributed by atoms with Crippen LogP contribution in [0.4, 0.5) is 0 Å². The van der Waals surface area contributed by atoms with Gasteiger partial charge in [-0.15, -0.1) is 0 Å². The average Bonchev–Trinajstić information content (AvgIpc) is 2.23. The van der Waals surface area contributed by atoms with E-state index < -0.39 is 0 Å². The number of para-hydroxylation sites is 1. The Hall–Kier alpha value is -0.540. The van der Waals surface area contributed by atoms with Crippen molar-refractivity contribution in [1.29, 1.82) is 0 Å². The Kier molecular flexibility index (Phi) is 3.08. The van der Waals surface area contributed by atoms with Gasteiger partial charge in [-0.1, -0.05) is 18.6 Å². The third-order valence-corrected chi connectivity index (χ3v) is 3.34. The van der Waals surface area contributed by atoms with Crippen molar-refractivity contribution >= 4 is 15.9 Å². The van der Waals surface area contributed by atoms with Crippen molar-refractivity contribution < 1.29 is 5.11 Å². The molecular formula is C11H14BrNO. The molecule has 0 aromatic heterocycles. The number of phenolic OH excluding ortho intramolecular Hbond substituents is 1. The van der Waals surface area contributed by atoms with Gasteiger partial charge >= 0.3 is 0 Å². The summed E-state index contributed by atoms with van der Waals surface area (Å²) in [5.41, 5.74) is 1.01. The highest BCUT2D eigenvalue weighted by molar-refractivity contribution is 9.10. The van der Waals surface area contributed by atoms with Crippen molar-refractivity contribution in [3.63, 3.8) is 0 Å². The molecule has 0 saturated carbocycles. The number of phenols is 1. The molecule has 1 aliphatic rings. The number of hydrogen-bond donors (Lipinski definition) is 2. The van der Waals surface area contributed by atoms with Crippen LogP contribution in [0.2, 0.25) is 0 Å². The molecule has 0 spiro atoms. The lowest BCUT2D eigenvalue weighted by Crippen LogP contribution is -2.26. The monoisotopic (exact) mass is 255 g/mol. The van der Waals surface area contributed by atoms with Crippen molar-refractivity contribution in [2.24, 2.45) is 0 Å². The maximum Gasteiger partial charge on any atom is 0.134 e. The molecule has 0 bridgehead atoms. The first kappa shape index (κ1) is 9.99. The lowest BCUT2D eigenvalue weighted by molar-refractivity contribution is 0.390. The molecule has 3 heteroatoms. The molecule has 1 aliphatic heterocycles. The molecule has 2 rings (SSSR count). The number of aromatic hydroxyl groups is 1. The van der Waals surface area contributed by atoms with Gasteiger partial charge in [-0.05, 0) is 41.4 Å². The largest absolute Gasteiger partial charge is 0.506 e. The van der Waals surface area contributed by atoms with Crippen LogP contribution in [0.15, 0.2) is 22.7 Å². The molecule has 1 aromatic carbocycles. The van der Waals surface area contributed by atoms with Crippen LogP contribution in [0.25, 0.3) is 0 Å². The Morgan fingerprint density at radius 1 is 1.36 bits per heavy atom. The van der Waals surface area contributed by atoms with Gasteiger partial charge in [0.1, 0.15) is 5.75 Å². The molecule has 0 aliphatic carbocycles. The summed E-state index contributed by atoms with van der Waals surface area (Å²) in [6.45, 7) is 1.05. The summed E-state index contributed by atoms with van der Waals surface area (Å²) in [7, 11) is 0. The van der Waals surface area contributed by atoms with E-state index in [1.807, 2.05) is 18.2 Å². The topological polar surface area (TPSA) is 32.3 Å². The second-order valence-electron chi connectivity index (χ2n) is 3.68. The molecule has 0 amide bonds. The summed E-state index contributed by atoms with van der Waals surface area (Å²) in [5, 5.41) is 13.3. The van der Waals surface area contributed by atoms with E-state index in [0.717, 1.165) is 23.0 Å². The van der Waals surface area contributed by atoms with Crippen LogP contribution < -0.4 is 5.32 Å². The summed E-state index contributed by atoms with van der Waals surface area (Å²) < 4.78 is 0.780. The second-order valence-corrected chi connectivity index (χ2v) is 4.53. The van der Waals surface area contributed by atoms with E-state index in [4.69, 9.17) is 0 Å². The smallest absolute Gasteiger partial charge is 0.134 e. The molecule has 2 N–H and O–H groups in total. The second kappa shape index (κ2) is 4.32. The lowest BCUT2D eigenvalue weighted by Gasteiger charge is -2.24. The zero-order chi connectivity index (χ0) is 9.97. The van der Waals surface area contributed by atoms with Crippen LogP contribution in [-0.4, -0.2) is 11.7 Å². The third kappa shape index (κ3) is 1.93. The number of rotatable bonds is 1. The molecule has 1 atom stereocenters. The molecule has 1 fully saturated rings. The minimum absolute atomic E-state index is 0.321. The fourth-order valence-electron chi connectivity index (χ4n) is 1.93. The zero-order valence-corrected chi connectivity index (χ0v) is 9.55. The van der Waals surface area contributed by atoms with Gasteiger partial charge < -0.3 is 10.4 Å². The van der Waals surface area contributed by atoms with E-state index in [-0.39, 0.29) is 0 Å². The molecule has 14 heavy (non-hydrogen) atoms. The molecule has 1 heterocycles. The summed E-state index contributed by atoms with van der Waals surface area (Å²) in [6.07, 6.45) is 3.60. The van der Waals surface area contributed by atoms with Crippen molar-refractivity contribution in [2.75, 3.05) is 6.54 Å². The van der Waals surface area contributed by atoms with Gasteiger partial charge in [0.05, 0.1) is 4.47 Å². The predicted molar refractivity (Wildman–Crippen MR) is 60.4 cm³/mol. The minimum atomic E-state index is 0.321. The van der Waals surface area contributed by atoms with Gasteiger partial charge in [0.25, 0.3) is 0 Å². The molecular weight excluding hydrogens is 242 g/mol. The standard InChI is InChI=1S/C11H14BrNO/c12-9-5-3-4-8(11(9)14)10-6-1-2-7-13-10/h3-5,10,13-14H,1-2,6-7H2/t10-/m0/s1. The van der Waals surface area contributed by atoms with Crippen molar-refractivity contribution in [3.05, 3.63) is 28.2 Å². The highest BCUT2D eigenvalue weighted by Gasteiger charge is 2.18. The fourth-order valence-corrected chi connectivity index (χ4v) is 2.31. The zero-order valence-electron chi connectivity index (χ0n) is 7.96. The average molecular weight is 256 g/mol. The minimum Gasteiger partial charge on any atom is -0.506 e.